The number of ether oxygens (including phenoxy) is 1. The molecule has 0 aliphatic carbocycles. The van der Waals surface area contributed by atoms with E-state index in [1.54, 1.807) is 25.1 Å². The highest BCUT2D eigenvalue weighted by Crippen LogP contribution is 2.32. The highest BCUT2D eigenvalue weighted by molar-refractivity contribution is 8.02. The SMILES string of the molecule is C[C@H]1Oc2ccc(NC(=O)CS[C@H]3CCS(=O)(=O)C3)cc2NC1=O. The van der Waals surface area contributed by atoms with Crippen molar-refractivity contribution in [3.05, 3.63) is 18.2 Å². The molecule has 130 valence electrons. The molecule has 2 aliphatic rings. The van der Waals surface area contributed by atoms with E-state index in [1.807, 2.05) is 0 Å². The number of anilines is 2. The summed E-state index contributed by atoms with van der Waals surface area (Å²) < 4.78 is 28.3. The maximum atomic E-state index is 12.0. The molecule has 1 saturated heterocycles. The molecule has 1 fully saturated rings. The molecule has 2 atom stereocenters. The molecule has 24 heavy (non-hydrogen) atoms. The molecule has 2 aliphatic heterocycles. The number of amides is 2. The average molecular weight is 370 g/mol. The molecule has 0 saturated carbocycles. The number of hydrogen-bond acceptors (Lipinski definition) is 6. The Kier molecular flexibility index (Phi) is 4.73. The molecule has 3 rings (SSSR count). The van der Waals surface area contributed by atoms with Crippen LogP contribution in [0, 0.1) is 0 Å². The number of sulfone groups is 1. The summed E-state index contributed by atoms with van der Waals surface area (Å²) in [7, 11) is -2.93. The predicted molar refractivity (Wildman–Crippen MR) is 93.3 cm³/mol. The Bertz CT molecular complexity index is 778. The van der Waals surface area contributed by atoms with Crippen LogP contribution in [0.2, 0.25) is 0 Å². The van der Waals surface area contributed by atoms with Gasteiger partial charge in [0.15, 0.2) is 15.9 Å². The number of nitrogens with one attached hydrogen (secondary N) is 2. The number of hydrogen-bond donors (Lipinski definition) is 2. The van der Waals surface area contributed by atoms with Crippen molar-refractivity contribution in [3.63, 3.8) is 0 Å². The van der Waals surface area contributed by atoms with Crippen molar-refractivity contribution in [1.29, 1.82) is 0 Å². The lowest BCUT2D eigenvalue weighted by atomic mass is 10.2. The quantitative estimate of drug-likeness (QED) is 0.827. The van der Waals surface area contributed by atoms with Crippen LogP contribution in [0.1, 0.15) is 13.3 Å². The standard InChI is InChI=1S/C15H18N2O5S2/c1-9-15(19)17-12-6-10(2-3-13(12)22-9)16-14(18)7-23-11-4-5-24(20,21)8-11/h2-3,6,9,11H,4-5,7-8H2,1H3,(H,16,18)(H,17,19)/t9-,11+/m1/s1. The van der Waals surface area contributed by atoms with Crippen LogP contribution in [-0.4, -0.2) is 48.8 Å². The molecule has 0 spiro atoms. The minimum atomic E-state index is -2.93. The van der Waals surface area contributed by atoms with E-state index in [9.17, 15) is 18.0 Å². The van der Waals surface area contributed by atoms with Crippen molar-refractivity contribution in [2.75, 3.05) is 27.9 Å². The van der Waals surface area contributed by atoms with Gasteiger partial charge in [-0.1, -0.05) is 0 Å². The lowest BCUT2D eigenvalue weighted by Crippen LogP contribution is -2.34. The summed E-state index contributed by atoms with van der Waals surface area (Å²) >= 11 is 1.36. The number of fused-ring (bicyclic) bond motifs is 1. The number of carbonyl (C=O) groups excluding carboxylic acids is 2. The number of carbonyl (C=O) groups is 2. The fraction of sp³-hybridized carbons (Fsp3) is 0.467. The molecule has 0 bridgehead atoms. The molecule has 0 radical (unpaired) electrons. The van der Waals surface area contributed by atoms with E-state index in [0.29, 0.717) is 23.5 Å². The van der Waals surface area contributed by atoms with Crippen molar-refractivity contribution in [2.45, 2.75) is 24.7 Å². The van der Waals surface area contributed by atoms with Crippen LogP contribution in [0.5, 0.6) is 5.75 Å². The molecular weight excluding hydrogens is 352 g/mol. The van der Waals surface area contributed by atoms with Gasteiger partial charge in [0.05, 0.1) is 22.9 Å². The molecule has 2 N–H and O–H groups in total. The zero-order valence-corrected chi connectivity index (χ0v) is 14.7. The van der Waals surface area contributed by atoms with Gasteiger partial charge in [0.2, 0.25) is 5.91 Å². The average Bonchev–Trinajstić information content (AvgIpc) is 2.86. The molecule has 1 aromatic carbocycles. The van der Waals surface area contributed by atoms with Crippen molar-refractivity contribution in [2.24, 2.45) is 0 Å². The van der Waals surface area contributed by atoms with Crippen molar-refractivity contribution in [3.8, 4) is 5.75 Å². The van der Waals surface area contributed by atoms with Gasteiger partial charge < -0.3 is 15.4 Å². The van der Waals surface area contributed by atoms with Gasteiger partial charge in [0.25, 0.3) is 5.91 Å². The van der Waals surface area contributed by atoms with E-state index in [-0.39, 0.29) is 34.3 Å². The molecule has 2 amide bonds. The minimum Gasteiger partial charge on any atom is -0.479 e. The summed E-state index contributed by atoms with van der Waals surface area (Å²) in [5, 5.41) is 5.45. The first-order chi connectivity index (χ1) is 11.3. The van der Waals surface area contributed by atoms with E-state index < -0.39 is 15.9 Å². The van der Waals surface area contributed by atoms with Gasteiger partial charge in [-0.2, -0.15) is 0 Å². The van der Waals surface area contributed by atoms with Gasteiger partial charge in [-0.15, -0.1) is 11.8 Å². The summed E-state index contributed by atoms with van der Waals surface area (Å²) in [6.45, 7) is 1.66. The molecule has 0 aromatic heterocycles. The van der Waals surface area contributed by atoms with Gasteiger partial charge in [0.1, 0.15) is 5.75 Å². The second-order valence-corrected chi connectivity index (χ2v) is 9.36. The summed E-state index contributed by atoms with van der Waals surface area (Å²) in [6.07, 6.45) is 0.0535. The lowest BCUT2D eigenvalue weighted by molar-refractivity contribution is -0.122. The Morgan fingerprint density at radius 2 is 2.25 bits per heavy atom. The van der Waals surface area contributed by atoms with E-state index in [4.69, 9.17) is 4.74 Å². The molecule has 2 heterocycles. The third-order valence-corrected chi connectivity index (χ3v) is 7.12. The van der Waals surface area contributed by atoms with Crippen LogP contribution in [0.3, 0.4) is 0 Å². The fourth-order valence-electron chi connectivity index (χ4n) is 2.57. The van der Waals surface area contributed by atoms with Gasteiger partial charge in [-0.3, -0.25) is 9.59 Å². The predicted octanol–water partition coefficient (Wildman–Crippen LogP) is 1.26. The highest BCUT2D eigenvalue weighted by atomic mass is 32.2. The summed E-state index contributed by atoms with van der Waals surface area (Å²) in [5.74, 6) is 0.660. The Labute approximate surface area is 144 Å². The maximum absolute atomic E-state index is 12.0. The van der Waals surface area contributed by atoms with Crippen LogP contribution in [0.15, 0.2) is 18.2 Å². The van der Waals surface area contributed by atoms with Crippen LogP contribution < -0.4 is 15.4 Å². The van der Waals surface area contributed by atoms with Crippen LogP contribution in [-0.2, 0) is 19.4 Å². The van der Waals surface area contributed by atoms with Crippen molar-refractivity contribution >= 4 is 44.8 Å². The first-order valence-electron chi connectivity index (χ1n) is 7.56. The summed E-state index contributed by atoms with van der Waals surface area (Å²) in [6, 6.07) is 5.03. The number of rotatable bonds is 4. The smallest absolute Gasteiger partial charge is 0.265 e. The topological polar surface area (TPSA) is 102 Å². The second kappa shape index (κ2) is 6.64. The Hall–Kier alpha value is -1.74. The normalized spacial score (nSPS) is 24.6. The third-order valence-electron chi connectivity index (χ3n) is 3.83. The Morgan fingerprint density at radius 3 is 2.96 bits per heavy atom. The van der Waals surface area contributed by atoms with E-state index in [0.717, 1.165) is 0 Å². The molecule has 7 nitrogen and oxygen atoms in total. The zero-order valence-electron chi connectivity index (χ0n) is 13.1. The van der Waals surface area contributed by atoms with Gasteiger partial charge in [-0.25, -0.2) is 8.42 Å². The molecule has 0 unspecified atom stereocenters. The fourth-order valence-corrected chi connectivity index (χ4v) is 6.01. The largest absolute Gasteiger partial charge is 0.479 e. The summed E-state index contributed by atoms with van der Waals surface area (Å²) in [5.41, 5.74) is 1.07. The van der Waals surface area contributed by atoms with Gasteiger partial charge in [0, 0.05) is 10.9 Å². The van der Waals surface area contributed by atoms with Crippen LogP contribution in [0.25, 0.3) is 0 Å². The molecular formula is C15H18N2O5S2. The Balaban J connectivity index is 1.55. The third kappa shape index (κ3) is 4.02. The van der Waals surface area contributed by atoms with E-state index >= 15 is 0 Å². The minimum absolute atomic E-state index is 0.0153. The zero-order chi connectivity index (χ0) is 17.3. The Morgan fingerprint density at radius 1 is 1.46 bits per heavy atom. The monoisotopic (exact) mass is 370 g/mol. The van der Waals surface area contributed by atoms with Crippen molar-refractivity contribution in [1.82, 2.24) is 0 Å². The second-order valence-electron chi connectivity index (χ2n) is 5.84. The highest BCUT2D eigenvalue weighted by Gasteiger charge is 2.28. The van der Waals surface area contributed by atoms with Gasteiger partial charge >= 0.3 is 0 Å². The summed E-state index contributed by atoms with van der Waals surface area (Å²) in [4.78, 5) is 23.6. The number of benzene rings is 1. The molecule has 1 aromatic rings. The van der Waals surface area contributed by atoms with Gasteiger partial charge in [-0.05, 0) is 31.5 Å². The van der Waals surface area contributed by atoms with Crippen molar-refractivity contribution < 1.29 is 22.7 Å². The maximum Gasteiger partial charge on any atom is 0.265 e. The molecule has 9 heteroatoms. The number of thioether (sulfide) groups is 1. The first kappa shape index (κ1) is 17.1. The van der Waals surface area contributed by atoms with E-state index in [1.165, 1.54) is 11.8 Å². The van der Waals surface area contributed by atoms with Crippen LogP contribution >= 0.6 is 11.8 Å². The van der Waals surface area contributed by atoms with E-state index in [2.05, 4.69) is 10.6 Å². The first-order valence-corrected chi connectivity index (χ1v) is 10.4. The lowest BCUT2D eigenvalue weighted by Gasteiger charge is -2.23. The van der Waals surface area contributed by atoms with Crippen LogP contribution in [0.4, 0.5) is 11.4 Å².